The molecule has 2 rings (SSSR count). The van der Waals surface area contributed by atoms with Crippen molar-refractivity contribution in [2.75, 3.05) is 19.6 Å². The Morgan fingerprint density at radius 2 is 2.35 bits per heavy atom. The second-order valence-corrected chi connectivity index (χ2v) is 4.38. The molecule has 1 saturated heterocycles. The Kier molecular flexibility index (Phi) is 4.11. The van der Waals surface area contributed by atoms with E-state index < -0.39 is 0 Å². The van der Waals surface area contributed by atoms with Crippen LogP contribution in [0.4, 0.5) is 0 Å². The first kappa shape index (κ1) is 12.1. The van der Waals surface area contributed by atoms with Crippen LogP contribution in [0.15, 0.2) is 16.9 Å². The van der Waals surface area contributed by atoms with Gasteiger partial charge in [0.15, 0.2) is 0 Å². The van der Waals surface area contributed by atoms with E-state index in [0.29, 0.717) is 19.1 Å². The summed E-state index contributed by atoms with van der Waals surface area (Å²) in [4.78, 5) is 13.8. The van der Waals surface area contributed by atoms with Crippen LogP contribution in [0.3, 0.4) is 0 Å². The standard InChI is InChI=1S/C11H18N4O2/c12-9-1-4-15(5-2-9)8-11(16)13-7-10-3-6-17-14-10/h3,6,9H,1-2,4-5,7-8,12H2,(H,13,16). The van der Waals surface area contributed by atoms with E-state index in [4.69, 9.17) is 5.73 Å². The van der Waals surface area contributed by atoms with Gasteiger partial charge in [0, 0.05) is 25.2 Å². The third-order valence-electron chi connectivity index (χ3n) is 2.96. The molecular formula is C11H18N4O2. The lowest BCUT2D eigenvalue weighted by Crippen LogP contribution is -2.44. The second-order valence-electron chi connectivity index (χ2n) is 4.38. The fraction of sp³-hybridized carbons (Fsp3) is 0.636. The molecule has 0 aromatic carbocycles. The summed E-state index contributed by atoms with van der Waals surface area (Å²) < 4.78 is 4.68. The number of likely N-dealkylation sites (tertiary alicyclic amines) is 1. The number of nitrogens with one attached hydrogen (secondary N) is 1. The molecule has 0 radical (unpaired) electrons. The largest absolute Gasteiger partial charge is 0.364 e. The minimum Gasteiger partial charge on any atom is -0.364 e. The topological polar surface area (TPSA) is 84.4 Å². The fourth-order valence-corrected chi connectivity index (χ4v) is 1.89. The molecule has 0 unspecified atom stereocenters. The maximum atomic E-state index is 11.6. The quantitative estimate of drug-likeness (QED) is 0.753. The van der Waals surface area contributed by atoms with Crippen LogP contribution in [0.25, 0.3) is 0 Å². The van der Waals surface area contributed by atoms with Crippen molar-refractivity contribution in [1.29, 1.82) is 0 Å². The molecule has 1 aliphatic rings. The van der Waals surface area contributed by atoms with Crippen molar-refractivity contribution in [2.45, 2.75) is 25.4 Å². The summed E-state index contributed by atoms with van der Waals surface area (Å²) in [7, 11) is 0. The number of carbonyl (C=O) groups excluding carboxylic acids is 1. The first-order chi connectivity index (χ1) is 8.24. The third kappa shape index (κ3) is 3.83. The first-order valence-electron chi connectivity index (χ1n) is 5.88. The van der Waals surface area contributed by atoms with Crippen molar-refractivity contribution in [3.63, 3.8) is 0 Å². The van der Waals surface area contributed by atoms with Gasteiger partial charge >= 0.3 is 0 Å². The van der Waals surface area contributed by atoms with E-state index >= 15 is 0 Å². The number of hydrogen-bond donors (Lipinski definition) is 2. The van der Waals surface area contributed by atoms with E-state index in [-0.39, 0.29) is 5.91 Å². The normalized spacial score (nSPS) is 18.2. The molecule has 3 N–H and O–H groups in total. The Hall–Kier alpha value is -1.40. The van der Waals surface area contributed by atoms with Crippen molar-refractivity contribution in [3.8, 4) is 0 Å². The number of rotatable bonds is 4. The highest BCUT2D eigenvalue weighted by molar-refractivity contribution is 5.77. The Labute approximate surface area is 100 Å². The second kappa shape index (κ2) is 5.79. The van der Waals surface area contributed by atoms with Crippen molar-refractivity contribution in [2.24, 2.45) is 5.73 Å². The molecule has 0 aliphatic carbocycles. The highest BCUT2D eigenvalue weighted by atomic mass is 16.5. The Bertz CT molecular complexity index is 344. The Balaban J connectivity index is 1.67. The third-order valence-corrected chi connectivity index (χ3v) is 2.96. The molecular weight excluding hydrogens is 220 g/mol. The van der Waals surface area contributed by atoms with Crippen LogP contribution in [-0.4, -0.2) is 41.6 Å². The average molecular weight is 238 g/mol. The van der Waals surface area contributed by atoms with Gasteiger partial charge in [-0.25, -0.2) is 0 Å². The first-order valence-corrected chi connectivity index (χ1v) is 5.88. The molecule has 0 spiro atoms. The molecule has 1 aromatic rings. The molecule has 0 saturated carbocycles. The SMILES string of the molecule is NC1CCN(CC(=O)NCc2ccon2)CC1. The van der Waals surface area contributed by atoms with Crippen LogP contribution >= 0.6 is 0 Å². The molecule has 1 amide bonds. The lowest BCUT2D eigenvalue weighted by atomic mass is 10.1. The van der Waals surface area contributed by atoms with E-state index in [9.17, 15) is 4.79 Å². The van der Waals surface area contributed by atoms with Gasteiger partial charge in [0.2, 0.25) is 5.91 Å². The van der Waals surface area contributed by atoms with Crippen LogP contribution in [0.1, 0.15) is 18.5 Å². The van der Waals surface area contributed by atoms with Crippen molar-refractivity contribution < 1.29 is 9.32 Å². The zero-order valence-electron chi connectivity index (χ0n) is 9.76. The zero-order chi connectivity index (χ0) is 12.1. The molecule has 1 aliphatic heterocycles. The smallest absolute Gasteiger partial charge is 0.234 e. The summed E-state index contributed by atoms with van der Waals surface area (Å²) in [5, 5.41) is 6.53. The highest BCUT2D eigenvalue weighted by Crippen LogP contribution is 2.07. The zero-order valence-corrected chi connectivity index (χ0v) is 9.76. The summed E-state index contributed by atoms with van der Waals surface area (Å²) in [6.07, 6.45) is 3.43. The molecule has 6 nitrogen and oxygen atoms in total. The molecule has 0 bridgehead atoms. The predicted molar refractivity (Wildman–Crippen MR) is 62.0 cm³/mol. The number of piperidine rings is 1. The highest BCUT2D eigenvalue weighted by Gasteiger charge is 2.17. The number of aromatic nitrogens is 1. The van der Waals surface area contributed by atoms with Gasteiger partial charge in [-0.3, -0.25) is 9.69 Å². The predicted octanol–water partition coefficient (Wildman–Crippen LogP) is -0.286. The minimum absolute atomic E-state index is 0.0171. The van der Waals surface area contributed by atoms with Crippen molar-refractivity contribution >= 4 is 5.91 Å². The van der Waals surface area contributed by atoms with Gasteiger partial charge < -0.3 is 15.6 Å². The number of carbonyl (C=O) groups is 1. The van der Waals surface area contributed by atoms with Gasteiger partial charge in [0.05, 0.1) is 13.1 Å². The molecule has 1 fully saturated rings. The Morgan fingerprint density at radius 3 is 3.00 bits per heavy atom. The van der Waals surface area contributed by atoms with E-state index in [0.717, 1.165) is 31.6 Å². The maximum Gasteiger partial charge on any atom is 0.234 e. The minimum atomic E-state index is 0.0171. The van der Waals surface area contributed by atoms with E-state index in [1.807, 2.05) is 0 Å². The van der Waals surface area contributed by atoms with Crippen molar-refractivity contribution in [1.82, 2.24) is 15.4 Å². The van der Waals surface area contributed by atoms with Gasteiger partial charge in [-0.1, -0.05) is 5.16 Å². The summed E-state index contributed by atoms with van der Waals surface area (Å²) in [5.41, 5.74) is 6.54. The monoisotopic (exact) mass is 238 g/mol. The lowest BCUT2D eigenvalue weighted by molar-refractivity contribution is -0.122. The van der Waals surface area contributed by atoms with Crippen LogP contribution < -0.4 is 11.1 Å². The van der Waals surface area contributed by atoms with Gasteiger partial charge in [-0.15, -0.1) is 0 Å². The molecule has 2 heterocycles. The fourth-order valence-electron chi connectivity index (χ4n) is 1.89. The molecule has 6 heteroatoms. The van der Waals surface area contributed by atoms with Crippen LogP contribution in [-0.2, 0) is 11.3 Å². The number of nitrogens with two attached hydrogens (primary N) is 1. The summed E-state index contributed by atoms with van der Waals surface area (Å²) in [6.45, 7) is 2.66. The molecule has 17 heavy (non-hydrogen) atoms. The van der Waals surface area contributed by atoms with E-state index in [2.05, 4.69) is 19.9 Å². The summed E-state index contributed by atoms with van der Waals surface area (Å²) in [5.74, 6) is 0.0171. The number of amides is 1. The molecule has 0 atom stereocenters. The Morgan fingerprint density at radius 1 is 1.59 bits per heavy atom. The van der Waals surface area contributed by atoms with Crippen LogP contribution in [0.5, 0.6) is 0 Å². The van der Waals surface area contributed by atoms with E-state index in [1.54, 1.807) is 6.07 Å². The van der Waals surface area contributed by atoms with Crippen molar-refractivity contribution in [3.05, 3.63) is 18.0 Å². The van der Waals surface area contributed by atoms with Crippen LogP contribution in [0, 0.1) is 0 Å². The summed E-state index contributed by atoms with van der Waals surface area (Å²) in [6, 6.07) is 2.03. The summed E-state index contributed by atoms with van der Waals surface area (Å²) >= 11 is 0. The van der Waals surface area contributed by atoms with E-state index in [1.165, 1.54) is 6.26 Å². The van der Waals surface area contributed by atoms with Crippen LogP contribution in [0.2, 0.25) is 0 Å². The van der Waals surface area contributed by atoms with Gasteiger partial charge in [0.1, 0.15) is 12.0 Å². The maximum absolute atomic E-state index is 11.6. The molecule has 94 valence electrons. The lowest BCUT2D eigenvalue weighted by Gasteiger charge is -2.29. The van der Waals surface area contributed by atoms with Gasteiger partial charge in [-0.05, 0) is 12.8 Å². The molecule has 1 aromatic heterocycles. The number of nitrogens with zero attached hydrogens (tertiary/aromatic N) is 2. The number of hydrogen-bond acceptors (Lipinski definition) is 5. The van der Waals surface area contributed by atoms with Gasteiger partial charge in [0.25, 0.3) is 0 Å². The van der Waals surface area contributed by atoms with Gasteiger partial charge in [-0.2, -0.15) is 0 Å². The average Bonchev–Trinajstić information content (AvgIpc) is 2.83.